The molecule has 11 heteroatoms. The van der Waals surface area contributed by atoms with Crippen LogP contribution in [0, 0.1) is 0 Å². The van der Waals surface area contributed by atoms with Crippen LogP contribution in [0.15, 0.2) is 109 Å². The summed E-state index contributed by atoms with van der Waals surface area (Å²) in [6.45, 7) is 5.53. The number of allylic oxidation sites excluding steroid dienone is 17. The number of amides is 1. The van der Waals surface area contributed by atoms with Crippen LogP contribution in [0.3, 0.4) is 0 Å². The topological polar surface area (TPSA) is 175 Å². The molecule has 1 aliphatic heterocycles. The van der Waals surface area contributed by atoms with Gasteiger partial charge in [0.05, 0.1) is 25.4 Å². The van der Waals surface area contributed by atoms with Gasteiger partial charge in [-0.1, -0.05) is 226 Å². The van der Waals surface area contributed by atoms with Crippen LogP contribution in [-0.2, 0) is 23.8 Å². The summed E-state index contributed by atoms with van der Waals surface area (Å²) in [5.41, 5.74) is 0. The molecule has 0 aliphatic carbocycles. The molecular weight excluding hydrogens is 895 g/mol. The molecule has 1 amide bonds. The molecule has 6 N–H and O–H groups in total. The van der Waals surface area contributed by atoms with Crippen molar-refractivity contribution >= 4 is 11.9 Å². The Morgan fingerprint density at radius 3 is 1.56 bits per heavy atom. The lowest BCUT2D eigenvalue weighted by Gasteiger charge is -2.41. The molecule has 0 aromatic rings. The van der Waals surface area contributed by atoms with Gasteiger partial charge in [0, 0.05) is 6.42 Å². The minimum absolute atomic E-state index is 0.0983. The standard InChI is InChI=1S/C60H99NO10/c1-4-7-10-13-16-19-22-24-26-28-29-32-35-38-41-44-47-53(64)59(68)61-51(52(63)46-43-40-37-34-31-21-18-15-12-9-6-3)50-69-60-58(57(67)56(66)54(49-62)70-60)71-55(65)48-45-42-39-36-33-30-27-25-23-20-17-14-11-8-5-2/h7,10,13,16-17,19-20,22-26,28-29,32,35,43,46,51-54,56-58,60,62-64,66-67H,4-6,8-9,11-12,14-15,18,21,27,30-31,33-34,36-42,44-45,47-50H2,1-3H3,(H,61,68)/b10-7-,16-13+,20-17+,22-19+,25-23+,26-24-,29-28+,35-32+,46-43+. The van der Waals surface area contributed by atoms with Gasteiger partial charge in [-0.25, -0.2) is 0 Å². The molecule has 1 fully saturated rings. The summed E-state index contributed by atoms with van der Waals surface area (Å²) < 4.78 is 17.5. The first-order chi connectivity index (χ1) is 34.7. The number of nitrogens with one attached hydrogen (secondary N) is 1. The molecular formula is C60H99NO10. The Balaban J connectivity index is 2.80. The van der Waals surface area contributed by atoms with E-state index in [1.165, 1.54) is 57.8 Å². The molecule has 0 spiro atoms. The highest BCUT2D eigenvalue weighted by Gasteiger charge is 2.47. The van der Waals surface area contributed by atoms with Gasteiger partial charge in [-0.15, -0.1) is 0 Å². The van der Waals surface area contributed by atoms with E-state index in [-0.39, 0.29) is 19.4 Å². The molecule has 1 rings (SSSR count). The van der Waals surface area contributed by atoms with Gasteiger partial charge in [0.2, 0.25) is 5.91 Å². The quantitative estimate of drug-likeness (QED) is 0.0149. The number of rotatable bonds is 44. The number of aliphatic hydroxyl groups is 5. The third-order valence-electron chi connectivity index (χ3n) is 12.3. The van der Waals surface area contributed by atoms with Crippen LogP contribution < -0.4 is 5.32 Å². The third kappa shape index (κ3) is 36.0. The summed E-state index contributed by atoms with van der Waals surface area (Å²) in [4.78, 5) is 26.4. The van der Waals surface area contributed by atoms with Crippen molar-refractivity contribution in [3.8, 4) is 0 Å². The Morgan fingerprint density at radius 1 is 0.563 bits per heavy atom. The molecule has 0 bridgehead atoms. The zero-order chi connectivity index (χ0) is 51.8. The number of esters is 1. The summed E-state index contributed by atoms with van der Waals surface area (Å²) in [7, 11) is 0. The van der Waals surface area contributed by atoms with Gasteiger partial charge in [0.1, 0.15) is 24.4 Å². The minimum atomic E-state index is -1.63. The number of carbonyl (C=O) groups excluding carboxylic acids is 2. The predicted molar refractivity (Wildman–Crippen MR) is 291 cm³/mol. The summed E-state index contributed by atoms with van der Waals surface area (Å²) in [6, 6.07) is -1.06. The first kappa shape index (κ1) is 65.3. The Hall–Kier alpha value is -3.68. The van der Waals surface area contributed by atoms with Crippen molar-refractivity contribution in [1.82, 2.24) is 5.32 Å². The van der Waals surface area contributed by atoms with E-state index in [1.54, 1.807) is 6.08 Å². The smallest absolute Gasteiger partial charge is 0.306 e. The summed E-state index contributed by atoms with van der Waals surface area (Å²) >= 11 is 0. The van der Waals surface area contributed by atoms with Crippen LogP contribution >= 0.6 is 0 Å². The van der Waals surface area contributed by atoms with Crippen LogP contribution in [0.1, 0.15) is 194 Å². The second-order valence-electron chi connectivity index (χ2n) is 18.8. The van der Waals surface area contributed by atoms with Crippen molar-refractivity contribution < 1.29 is 49.3 Å². The monoisotopic (exact) mass is 994 g/mol. The first-order valence-electron chi connectivity index (χ1n) is 27.8. The highest BCUT2D eigenvalue weighted by Crippen LogP contribution is 2.26. The lowest BCUT2D eigenvalue weighted by molar-refractivity contribution is -0.305. The van der Waals surface area contributed by atoms with E-state index in [0.29, 0.717) is 12.8 Å². The average Bonchev–Trinajstić information content (AvgIpc) is 3.37. The lowest BCUT2D eigenvalue weighted by atomic mass is 9.99. The SMILES string of the molecule is CC\C=C/C=C/C=C/C=C\C=C\C=C\CCCCC(O)C(=O)NC(COC1OC(CO)C(O)C(O)C1OC(=O)CCCCCCCC/C=C/C=C/CCCCC)C(O)/C=C/CCCCCCCCCCC. The molecule has 8 atom stereocenters. The van der Waals surface area contributed by atoms with E-state index < -0.39 is 67.4 Å². The van der Waals surface area contributed by atoms with Gasteiger partial charge in [0.15, 0.2) is 12.4 Å². The Labute approximate surface area is 430 Å². The maximum Gasteiger partial charge on any atom is 0.306 e. The largest absolute Gasteiger partial charge is 0.454 e. The highest BCUT2D eigenvalue weighted by atomic mass is 16.7. The number of hydrogen-bond acceptors (Lipinski definition) is 10. The Morgan fingerprint density at radius 2 is 1.01 bits per heavy atom. The summed E-state index contributed by atoms with van der Waals surface area (Å²) in [5.74, 6) is -1.26. The number of carbonyl (C=O) groups is 2. The van der Waals surface area contributed by atoms with Crippen LogP contribution in [0.4, 0.5) is 0 Å². The number of aliphatic hydroxyl groups excluding tert-OH is 5. The number of hydrogen-bond donors (Lipinski definition) is 6. The van der Waals surface area contributed by atoms with Crippen LogP contribution in [0.5, 0.6) is 0 Å². The van der Waals surface area contributed by atoms with Crippen LogP contribution in [-0.4, -0.2) is 99.6 Å². The van der Waals surface area contributed by atoms with E-state index in [2.05, 4.69) is 56.5 Å². The zero-order valence-electron chi connectivity index (χ0n) is 44.3. The summed E-state index contributed by atoms with van der Waals surface area (Å²) in [5, 5.41) is 56.7. The molecule has 0 aromatic carbocycles. The fraction of sp³-hybridized carbons (Fsp3) is 0.667. The van der Waals surface area contributed by atoms with E-state index in [1.807, 2.05) is 72.9 Å². The maximum atomic E-state index is 13.3. The Bertz CT molecular complexity index is 1560. The molecule has 0 aromatic heterocycles. The van der Waals surface area contributed by atoms with Crippen molar-refractivity contribution in [2.75, 3.05) is 13.2 Å². The van der Waals surface area contributed by atoms with Gasteiger partial charge in [-0.3, -0.25) is 9.59 Å². The van der Waals surface area contributed by atoms with Gasteiger partial charge >= 0.3 is 5.97 Å². The predicted octanol–water partition coefficient (Wildman–Crippen LogP) is 12.2. The first-order valence-corrected chi connectivity index (χ1v) is 27.8. The fourth-order valence-electron chi connectivity index (χ4n) is 7.91. The third-order valence-corrected chi connectivity index (χ3v) is 12.3. The molecule has 71 heavy (non-hydrogen) atoms. The zero-order valence-corrected chi connectivity index (χ0v) is 44.3. The van der Waals surface area contributed by atoms with Gasteiger partial charge in [-0.05, 0) is 70.6 Å². The van der Waals surface area contributed by atoms with Crippen LogP contribution in [0.2, 0.25) is 0 Å². The second kappa shape index (κ2) is 47.3. The molecule has 8 unspecified atom stereocenters. The second-order valence-corrected chi connectivity index (χ2v) is 18.8. The van der Waals surface area contributed by atoms with Crippen molar-refractivity contribution in [3.05, 3.63) is 109 Å². The van der Waals surface area contributed by atoms with E-state index in [4.69, 9.17) is 14.2 Å². The number of unbranched alkanes of at least 4 members (excludes halogenated alkanes) is 20. The fourth-order valence-corrected chi connectivity index (χ4v) is 7.91. The van der Waals surface area contributed by atoms with Gasteiger partial charge < -0.3 is 45.1 Å². The van der Waals surface area contributed by atoms with E-state index in [9.17, 15) is 35.1 Å². The van der Waals surface area contributed by atoms with Crippen molar-refractivity contribution in [2.24, 2.45) is 0 Å². The van der Waals surface area contributed by atoms with Crippen molar-refractivity contribution in [1.29, 1.82) is 0 Å². The number of ether oxygens (including phenoxy) is 3. The summed E-state index contributed by atoms with van der Waals surface area (Å²) in [6.07, 6.45) is 52.7. The molecule has 1 aliphatic rings. The lowest BCUT2D eigenvalue weighted by Crippen LogP contribution is -2.61. The van der Waals surface area contributed by atoms with Crippen molar-refractivity contribution in [2.45, 2.75) is 243 Å². The highest BCUT2D eigenvalue weighted by molar-refractivity contribution is 5.80. The maximum absolute atomic E-state index is 13.3. The molecule has 0 saturated carbocycles. The Kier molecular flexibility index (Phi) is 43.6. The molecule has 1 heterocycles. The van der Waals surface area contributed by atoms with Crippen molar-refractivity contribution in [3.63, 3.8) is 0 Å². The normalized spacial score (nSPS) is 20.5. The van der Waals surface area contributed by atoms with E-state index >= 15 is 0 Å². The van der Waals surface area contributed by atoms with E-state index in [0.717, 1.165) is 89.9 Å². The molecule has 1 saturated heterocycles. The molecule has 404 valence electrons. The molecule has 0 radical (unpaired) electrons. The average molecular weight is 994 g/mol. The molecule has 11 nitrogen and oxygen atoms in total. The van der Waals surface area contributed by atoms with Gasteiger partial charge in [0.25, 0.3) is 0 Å². The van der Waals surface area contributed by atoms with Gasteiger partial charge in [-0.2, -0.15) is 0 Å². The van der Waals surface area contributed by atoms with Crippen LogP contribution in [0.25, 0.3) is 0 Å². The minimum Gasteiger partial charge on any atom is -0.454 e.